The lowest BCUT2D eigenvalue weighted by Gasteiger charge is -2.22. The van der Waals surface area contributed by atoms with Crippen molar-refractivity contribution < 1.29 is 9.84 Å². The van der Waals surface area contributed by atoms with Crippen molar-refractivity contribution in [2.24, 2.45) is 5.73 Å². The van der Waals surface area contributed by atoms with Crippen molar-refractivity contribution in [2.45, 2.75) is 38.7 Å². The van der Waals surface area contributed by atoms with Gasteiger partial charge in [0.25, 0.3) is 0 Å². The third-order valence-corrected chi connectivity index (χ3v) is 2.94. The van der Waals surface area contributed by atoms with E-state index in [4.69, 9.17) is 10.5 Å². The molecule has 0 aliphatic rings. The monoisotopic (exact) mass is 237 g/mol. The summed E-state index contributed by atoms with van der Waals surface area (Å²) in [5.41, 5.74) is 6.94. The molecule has 3 N–H and O–H groups in total. The van der Waals surface area contributed by atoms with Crippen LogP contribution in [0.1, 0.15) is 37.8 Å². The molecule has 0 saturated carbocycles. The molecule has 0 fully saturated rings. The second kappa shape index (κ2) is 5.52. The Morgan fingerprint density at radius 1 is 1.41 bits per heavy atom. The average Bonchev–Trinajstić information content (AvgIpc) is 2.28. The Morgan fingerprint density at radius 3 is 2.53 bits per heavy atom. The maximum atomic E-state index is 9.98. The summed E-state index contributed by atoms with van der Waals surface area (Å²) in [5.74, 6) is 1.30. The van der Waals surface area contributed by atoms with Crippen LogP contribution in [0.25, 0.3) is 0 Å². The fraction of sp³-hybridized carbons (Fsp3) is 0.571. The molecular weight excluding hydrogens is 214 g/mol. The summed E-state index contributed by atoms with van der Waals surface area (Å²) in [4.78, 5) is 0. The number of hydrogen-bond donors (Lipinski definition) is 2. The van der Waals surface area contributed by atoms with Gasteiger partial charge in [0, 0.05) is 13.0 Å². The molecule has 0 radical (unpaired) electrons. The van der Waals surface area contributed by atoms with Gasteiger partial charge in [0.2, 0.25) is 0 Å². The molecule has 1 rings (SSSR count). The molecule has 1 aromatic carbocycles. The Morgan fingerprint density at radius 2 is 2.06 bits per heavy atom. The number of ether oxygens (including phenoxy) is 1. The van der Waals surface area contributed by atoms with Crippen molar-refractivity contribution in [2.75, 3.05) is 13.7 Å². The normalized spacial score (nSPS) is 14.8. The summed E-state index contributed by atoms with van der Waals surface area (Å²) in [6, 6.07) is 6.03. The topological polar surface area (TPSA) is 55.5 Å². The van der Waals surface area contributed by atoms with E-state index in [9.17, 15) is 5.11 Å². The van der Waals surface area contributed by atoms with Gasteiger partial charge in [0.05, 0.1) is 12.7 Å². The van der Waals surface area contributed by atoms with E-state index >= 15 is 0 Å². The van der Waals surface area contributed by atoms with Gasteiger partial charge in [-0.3, -0.25) is 0 Å². The molecule has 3 nitrogen and oxygen atoms in total. The van der Waals surface area contributed by atoms with Gasteiger partial charge in [-0.25, -0.2) is 0 Å². The minimum Gasteiger partial charge on any atom is -0.496 e. The standard InChI is InChI=1S/C14H23NO2/c1-10(2)12-7-11(5-6-13(12)17-4)8-14(3,16)9-15/h5-7,10,16H,8-9,15H2,1-4H3. The summed E-state index contributed by atoms with van der Waals surface area (Å²) in [6.45, 7) is 6.27. The first-order valence-electron chi connectivity index (χ1n) is 5.99. The maximum absolute atomic E-state index is 9.98. The molecule has 0 aromatic heterocycles. The van der Waals surface area contributed by atoms with Gasteiger partial charge in [0.15, 0.2) is 0 Å². The Balaban J connectivity index is 3.00. The minimum atomic E-state index is -0.844. The van der Waals surface area contributed by atoms with E-state index in [1.807, 2.05) is 12.1 Å². The molecule has 3 heteroatoms. The average molecular weight is 237 g/mol. The van der Waals surface area contributed by atoms with Crippen LogP contribution < -0.4 is 10.5 Å². The number of methoxy groups -OCH3 is 1. The Labute approximate surface area is 104 Å². The van der Waals surface area contributed by atoms with Gasteiger partial charge in [-0.05, 0) is 30.0 Å². The Kier molecular flexibility index (Phi) is 4.54. The number of aliphatic hydroxyl groups is 1. The fourth-order valence-corrected chi connectivity index (χ4v) is 1.86. The van der Waals surface area contributed by atoms with E-state index < -0.39 is 5.60 Å². The smallest absolute Gasteiger partial charge is 0.122 e. The number of hydrogen-bond acceptors (Lipinski definition) is 3. The molecule has 1 atom stereocenters. The molecule has 0 aliphatic carbocycles. The molecule has 0 saturated heterocycles. The Bertz CT molecular complexity index is 372. The Hall–Kier alpha value is -1.06. The van der Waals surface area contributed by atoms with E-state index in [-0.39, 0.29) is 6.54 Å². The third kappa shape index (κ3) is 3.72. The summed E-state index contributed by atoms with van der Waals surface area (Å²) >= 11 is 0. The zero-order chi connectivity index (χ0) is 13.1. The highest BCUT2D eigenvalue weighted by molar-refractivity contribution is 5.39. The summed E-state index contributed by atoms with van der Waals surface area (Å²) in [7, 11) is 1.68. The van der Waals surface area contributed by atoms with Crippen molar-refractivity contribution in [3.05, 3.63) is 29.3 Å². The molecular formula is C14H23NO2. The van der Waals surface area contributed by atoms with Crippen LogP contribution in [-0.4, -0.2) is 24.4 Å². The molecule has 0 heterocycles. The predicted octanol–water partition coefficient (Wildman–Crippen LogP) is 2.07. The van der Waals surface area contributed by atoms with Crippen LogP contribution in [0.2, 0.25) is 0 Å². The van der Waals surface area contributed by atoms with E-state index in [2.05, 4.69) is 19.9 Å². The zero-order valence-electron chi connectivity index (χ0n) is 11.2. The van der Waals surface area contributed by atoms with Crippen LogP contribution in [0.15, 0.2) is 18.2 Å². The van der Waals surface area contributed by atoms with Crippen LogP contribution in [0.3, 0.4) is 0 Å². The maximum Gasteiger partial charge on any atom is 0.122 e. The van der Waals surface area contributed by atoms with Crippen molar-refractivity contribution >= 4 is 0 Å². The second-order valence-electron chi connectivity index (χ2n) is 5.11. The SMILES string of the molecule is COc1ccc(CC(C)(O)CN)cc1C(C)C. The zero-order valence-corrected chi connectivity index (χ0v) is 11.2. The first-order valence-corrected chi connectivity index (χ1v) is 5.99. The quantitative estimate of drug-likeness (QED) is 0.824. The summed E-state index contributed by atoms with van der Waals surface area (Å²) in [6.07, 6.45) is 0.563. The number of nitrogens with two attached hydrogens (primary N) is 1. The largest absolute Gasteiger partial charge is 0.496 e. The lowest BCUT2D eigenvalue weighted by atomic mass is 9.92. The van der Waals surface area contributed by atoms with Gasteiger partial charge in [-0.2, -0.15) is 0 Å². The first kappa shape index (κ1) is 14.0. The molecule has 0 aliphatic heterocycles. The highest BCUT2D eigenvalue weighted by atomic mass is 16.5. The van der Waals surface area contributed by atoms with Crippen molar-refractivity contribution in [1.29, 1.82) is 0 Å². The van der Waals surface area contributed by atoms with Gasteiger partial charge >= 0.3 is 0 Å². The summed E-state index contributed by atoms with van der Waals surface area (Å²) in [5, 5.41) is 9.98. The number of benzene rings is 1. The van der Waals surface area contributed by atoms with Crippen molar-refractivity contribution in [3.63, 3.8) is 0 Å². The lowest BCUT2D eigenvalue weighted by molar-refractivity contribution is 0.0696. The third-order valence-electron chi connectivity index (χ3n) is 2.94. The molecule has 17 heavy (non-hydrogen) atoms. The van der Waals surface area contributed by atoms with Gasteiger partial charge in [0.1, 0.15) is 5.75 Å². The van der Waals surface area contributed by atoms with Crippen LogP contribution in [-0.2, 0) is 6.42 Å². The summed E-state index contributed by atoms with van der Waals surface area (Å²) < 4.78 is 5.33. The van der Waals surface area contributed by atoms with Crippen molar-refractivity contribution in [3.8, 4) is 5.75 Å². The van der Waals surface area contributed by atoms with Crippen molar-refractivity contribution in [1.82, 2.24) is 0 Å². The number of rotatable bonds is 5. The van der Waals surface area contributed by atoms with Crippen LogP contribution in [0.4, 0.5) is 0 Å². The van der Waals surface area contributed by atoms with E-state index in [0.717, 1.165) is 16.9 Å². The van der Waals surface area contributed by atoms with Gasteiger partial charge < -0.3 is 15.6 Å². The highest BCUT2D eigenvalue weighted by Crippen LogP contribution is 2.28. The minimum absolute atomic E-state index is 0.260. The molecule has 0 amide bonds. The van der Waals surface area contributed by atoms with Crippen LogP contribution in [0.5, 0.6) is 5.75 Å². The molecule has 96 valence electrons. The van der Waals surface area contributed by atoms with Crippen LogP contribution in [0, 0.1) is 0 Å². The predicted molar refractivity (Wildman–Crippen MR) is 70.5 cm³/mol. The van der Waals surface area contributed by atoms with E-state index in [0.29, 0.717) is 12.3 Å². The lowest BCUT2D eigenvalue weighted by Crippen LogP contribution is -2.36. The fourth-order valence-electron chi connectivity index (χ4n) is 1.86. The van der Waals surface area contributed by atoms with Gasteiger partial charge in [-0.15, -0.1) is 0 Å². The van der Waals surface area contributed by atoms with E-state index in [1.165, 1.54) is 0 Å². The first-order chi connectivity index (χ1) is 7.89. The second-order valence-corrected chi connectivity index (χ2v) is 5.11. The molecule has 0 spiro atoms. The van der Waals surface area contributed by atoms with Gasteiger partial charge in [-0.1, -0.05) is 26.0 Å². The molecule has 1 unspecified atom stereocenters. The van der Waals surface area contributed by atoms with Crippen LogP contribution >= 0.6 is 0 Å². The molecule has 0 bridgehead atoms. The highest BCUT2D eigenvalue weighted by Gasteiger charge is 2.19. The molecule has 1 aromatic rings. The van der Waals surface area contributed by atoms with E-state index in [1.54, 1.807) is 14.0 Å².